The molecule has 0 fully saturated rings. The summed E-state index contributed by atoms with van der Waals surface area (Å²) in [4.78, 5) is 10.1. The minimum absolute atomic E-state index is 0.0178. The summed E-state index contributed by atoms with van der Waals surface area (Å²) < 4.78 is 0. The molecule has 0 aliphatic heterocycles. The molecular formula is C33H24N2. The third-order valence-electron chi connectivity index (χ3n) is 7.47. The van der Waals surface area contributed by atoms with Crippen LogP contribution in [0, 0.1) is 0 Å². The Labute approximate surface area is 204 Å². The minimum atomic E-state index is -0.0178. The van der Waals surface area contributed by atoms with Gasteiger partial charge in [-0.05, 0) is 45.2 Å². The van der Waals surface area contributed by atoms with Gasteiger partial charge in [-0.15, -0.1) is 0 Å². The van der Waals surface area contributed by atoms with Gasteiger partial charge in [0.25, 0.3) is 0 Å². The van der Waals surface area contributed by atoms with Crippen molar-refractivity contribution in [1.82, 2.24) is 9.97 Å². The standard InChI is InChI=1S/C33H24N2/c1-33(2)27-14-8-6-12-24(27)30-26-20-23(17-16-21(26)18-19-28(30)33)32-34-29-15-9-7-13-25(29)31(35-32)22-10-4-3-5-11-22/h3-20H,1-2H3. The normalized spacial score (nSPS) is 13.7. The minimum Gasteiger partial charge on any atom is -0.228 e. The van der Waals surface area contributed by atoms with Crippen LogP contribution in [0.1, 0.15) is 25.0 Å². The summed E-state index contributed by atoms with van der Waals surface area (Å²) in [6, 6.07) is 38.7. The van der Waals surface area contributed by atoms with E-state index >= 15 is 0 Å². The first-order valence-electron chi connectivity index (χ1n) is 12.1. The van der Waals surface area contributed by atoms with Crippen molar-refractivity contribution in [2.45, 2.75) is 19.3 Å². The summed E-state index contributed by atoms with van der Waals surface area (Å²) >= 11 is 0. The Morgan fingerprint density at radius 1 is 0.571 bits per heavy atom. The zero-order valence-electron chi connectivity index (χ0n) is 19.8. The summed E-state index contributed by atoms with van der Waals surface area (Å²) in [6.07, 6.45) is 0. The molecule has 0 N–H and O–H groups in total. The Bertz CT molecular complexity index is 1760. The molecule has 0 atom stereocenters. The number of benzene rings is 5. The first-order chi connectivity index (χ1) is 17.1. The van der Waals surface area contributed by atoms with E-state index in [4.69, 9.17) is 9.97 Å². The molecule has 7 rings (SSSR count). The van der Waals surface area contributed by atoms with Crippen molar-refractivity contribution < 1.29 is 0 Å². The van der Waals surface area contributed by atoms with E-state index in [1.807, 2.05) is 12.1 Å². The van der Waals surface area contributed by atoms with Crippen LogP contribution in [0.25, 0.3) is 55.4 Å². The number of fused-ring (bicyclic) bond motifs is 6. The second kappa shape index (κ2) is 7.35. The van der Waals surface area contributed by atoms with Crippen LogP contribution < -0.4 is 0 Å². The van der Waals surface area contributed by atoms with Crippen LogP contribution >= 0.6 is 0 Å². The molecule has 166 valence electrons. The summed E-state index contributed by atoms with van der Waals surface area (Å²) in [5, 5.41) is 3.57. The van der Waals surface area contributed by atoms with E-state index in [2.05, 4.69) is 111 Å². The average Bonchev–Trinajstić information content (AvgIpc) is 3.15. The van der Waals surface area contributed by atoms with Gasteiger partial charge in [0, 0.05) is 21.9 Å². The highest BCUT2D eigenvalue weighted by molar-refractivity contribution is 6.04. The number of hydrogen-bond acceptors (Lipinski definition) is 2. The van der Waals surface area contributed by atoms with E-state index in [0.29, 0.717) is 0 Å². The van der Waals surface area contributed by atoms with Crippen molar-refractivity contribution >= 4 is 21.7 Å². The molecule has 6 aromatic rings. The predicted molar refractivity (Wildman–Crippen MR) is 145 cm³/mol. The van der Waals surface area contributed by atoms with Crippen LogP contribution in [-0.2, 0) is 5.41 Å². The maximum absolute atomic E-state index is 5.10. The lowest BCUT2D eigenvalue weighted by molar-refractivity contribution is 0.661. The molecular weight excluding hydrogens is 424 g/mol. The lowest BCUT2D eigenvalue weighted by atomic mass is 9.82. The van der Waals surface area contributed by atoms with Gasteiger partial charge in [-0.1, -0.05) is 111 Å². The zero-order chi connectivity index (χ0) is 23.6. The maximum atomic E-state index is 5.10. The van der Waals surface area contributed by atoms with Gasteiger partial charge >= 0.3 is 0 Å². The fourth-order valence-electron chi connectivity index (χ4n) is 5.68. The van der Waals surface area contributed by atoms with Gasteiger partial charge in [-0.2, -0.15) is 0 Å². The van der Waals surface area contributed by atoms with Gasteiger partial charge < -0.3 is 0 Å². The Morgan fingerprint density at radius 2 is 1.31 bits per heavy atom. The number of nitrogens with zero attached hydrogens (tertiary/aromatic N) is 2. The van der Waals surface area contributed by atoms with Gasteiger partial charge in [-0.25, -0.2) is 9.97 Å². The molecule has 0 saturated carbocycles. The second-order valence-corrected chi connectivity index (χ2v) is 9.87. The first-order valence-corrected chi connectivity index (χ1v) is 12.1. The Kier molecular flexibility index (Phi) is 4.22. The largest absolute Gasteiger partial charge is 0.228 e. The van der Waals surface area contributed by atoms with E-state index in [1.165, 1.54) is 33.0 Å². The third kappa shape index (κ3) is 2.96. The van der Waals surface area contributed by atoms with Crippen LogP contribution in [0.4, 0.5) is 0 Å². The van der Waals surface area contributed by atoms with Gasteiger partial charge in [0.2, 0.25) is 0 Å². The molecule has 1 aromatic heterocycles. The molecule has 1 aliphatic rings. The monoisotopic (exact) mass is 448 g/mol. The fraction of sp³-hybridized carbons (Fsp3) is 0.0909. The van der Waals surface area contributed by atoms with Gasteiger partial charge in [0.05, 0.1) is 11.2 Å². The summed E-state index contributed by atoms with van der Waals surface area (Å²) in [5.41, 5.74) is 9.50. The van der Waals surface area contributed by atoms with Crippen LogP contribution in [0.3, 0.4) is 0 Å². The Hall–Kier alpha value is -4.30. The molecule has 5 aromatic carbocycles. The van der Waals surface area contributed by atoms with Crippen molar-refractivity contribution in [3.05, 3.63) is 120 Å². The molecule has 2 heteroatoms. The second-order valence-electron chi connectivity index (χ2n) is 9.87. The lowest BCUT2D eigenvalue weighted by Crippen LogP contribution is -2.14. The van der Waals surface area contributed by atoms with E-state index in [-0.39, 0.29) is 5.41 Å². The molecule has 0 radical (unpaired) electrons. The molecule has 0 saturated heterocycles. The van der Waals surface area contributed by atoms with E-state index in [1.54, 1.807) is 0 Å². The van der Waals surface area contributed by atoms with E-state index < -0.39 is 0 Å². The smallest absolute Gasteiger partial charge is 0.160 e. The summed E-state index contributed by atoms with van der Waals surface area (Å²) in [6.45, 7) is 4.65. The van der Waals surface area contributed by atoms with E-state index in [9.17, 15) is 0 Å². The first kappa shape index (κ1) is 20.1. The van der Waals surface area contributed by atoms with E-state index in [0.717, 1.165) is 33.5 Å². The molecule has 2 nitrogen and oxygen atoms in total. The lowest BCUT2D eigenvalue weighted by Gasteiger charge is -2.21. The maximum Gasteiger partial charge on any atom is 0.160 e. The van der Waals surface area contributed by atoms with Crippen molar-refractivity contribution in [1.29, 1.82) is 0 Å². The quantitative estimate of drug-likeness (QED) is 0.266. The molecule has 0 bridgehead atoms. The summed E-state index contributed by atoms with van der Waals surface area (Å²) in [7, 11) is 0. The summed E-state index contributed by atoms with van der Waals surface area (Å²) in [5.74, 6) is 0.757. The van der Waals surface area contributed by atoms with Crippen molar-refractivity contribution in [2.75, 3.05) is 0 Å². The van der Waals surface area contributed by atoms with Crippen LogP contribution in [0.5, 0.6) is 0 Å². The molecule has 0 amide bonds. The highest BCUT2D eigenvalue weighted by Gasteiger charge is 2.36. The molecule has 1 aliphatic carbocycles. The highest BCUT2D eigenvalue weighted by atomic mass is 14.9. The number of rotatable bonds is 2. The molecule has 0 unspecified atom stereocenters. The Balaban J connectivity index is 1.50. The van der Waals surface area contributed by atoms with Crippen LogP contribution in [0.15, 0.2) is 109 Å². The third-order valence-corrected chi connectivity index (χ3v) is 7.47. The fourth-order valence-corrected chi connectivity index (χ4v) is 5.68. The van der Waals surface area contributed by atoms with Gasteiger partial charge in [0.1, 0.15) is 0 Å². The number of aromatic nitrogens is 2. The van der Waals surface area contributed by atoms with Crippen LogP contribution in [0.2, 0.25) is 0 Å². The predicted octanol–water partition coefficient (Wildman–Crippen LogP) is 8.42. The molecule has 35 heavy (non-hydrogen) atoms. The Morgan fingerprint density at radius 3 is 2.20 bits per heavy atom. The van der Waals surface area contributed by atoms with Gasteiger partial charge in [-0.3, -0.25) is 0 Å². The van der Waals surface area contributed by atoms with Crippen molar-refractivity contribution in [2.24, 2.45) is 0 Å². The number of para-hydroxylation sites is 1. The highest BCUT2D eigenvalue weighted by Crippen LogP contribution is 2.51. The van der Waals surface area contributed by atoms with Crippen molar-refractivity contribution in [3.63, 3.8) is 0 Å². The zero-order valence-corrected chi connectivity index (χ0v) is 19.8. The topological polar surface area (TPSA) is 25.8 Å². The van der Waals surface area contributed by atoms with Crippen molar-refractivity contribution in [3.8, 4) is 33.8 Å². The molecule has 1 heterocycles. The number of hydrogen-bond donors (Lipinski definition) is 0. The SMILES string of the molecule is CC1(C)c2ccccc2-c2c1ccc1ccc(-c3nc(-c4ccccc4)c4ccccc4n3)cc21. The molecule has 0 spiro atoms. The van der Waals surface area contributed by atoms with Crippen LogP contribution in [-0.4, -0.2) is 9.97 Å². The average molecular weight is 449 g/mol. The van der Waals surface area contributed by atoms with Gasteiger partial charge in [0.15, 0.2) is 5.82 Å².